The molecule has 0 aliphatic carbocycles. The number of fused-ring (bicyclic) bond motifs is 2. The summed E-state index contributed by atoms with van der Waals surface area (Å²) in [5.41, 5.74) is 2.79. The Hall–Kier alpha value is -1.00. The van der Waals surface area contributed by atoms with Gasteiger partial charge in [-0.05, 0) is 33.7 Å². The fourth-order valence-corrected chi connectivity index (χ4v) is 3.23. The van der Waals surface area contributed by atoms with E-state index in [1.165, 1.54) is 0 Å². The van der Waals surface area contributed by atoms with Crippen molar-refractivity contribution in [2.45, 2.75) is 32.8 Å². The van der Waals surface area contributed by atoms with Crippen LogP contribution in [0.1, 0.15) is 29.2 Å². The molecule has 3 atom stereocenters. The summed E-state index contributed by atoms with van der Waals surface area (Å²) < 4.78 is 0. The molecule has 0 amide bonds. The second-order valence-electron chi connectivity index (χ2n) is 5.47. The molecule has 2 aliphatic heterocycles. The van der Waals surface area contributed by atoms with Crippen LogP contribution >= 0.6 is 0 Å². The van der Waals surface area contributed by atoms with Crippen LogP contribution in [0.25, 0.3) is 0 Å². The third-order valence-corrected chi connectivity index (χ3v) is 4.30. The van der Waals surface area contributed by atoms with Crippen LogP contribution in [0.2, 0.25) is 0 Å². The summed E-state index contributed by atoms with van der Waals surface area (Å²) in [7, 11) is 0. The molecule has 92 valence electrons. The molecule has 1 aromatic heterocycles. The maximum absolute atomic E-state index is 10.9. The van der Waals surface area contributed by atoms with Crippen LogP contribution in [-0.2, 0) is 5.60 Å². The van der Waals surface area contributed by atoms with E-state index in [0.717, 1.165) is 48.8 Å². The van der Waals surface area contributed by atoms with Gasteiger partial charge >= 0.3 is 0 Å². The lowest BCUT2D eigenvalue weighted by atomic mass is 9.83. The van der Waals surface area contributed by atoms with Crippen molar-refractivity contribution in [3.8, 4) is 0 Å². The third-order valence-electron chi connectivity index (χ3n) is 4.30. The maximum atomic E-state index is 10.9. The molecule has 17 heavy (non-hydrogen) atoms. The predicted molar refractivity (Wildman–Crippen MR) is 64.7 cm³/mol. The zero-order valence-electron chi connectivity index (χ0n) is 10.7. The highest BCUT2D eigenvalue weighted by molar-refractivity contribution is 5.27. The molecule has 2 aliphatic rings. The lowest BCUT2D eigenvalue weighted by Crippen LogP contribution is -2.41. The highest BCUT2D eigenvalue weighted by atomic mass is 16.3. The zero-order chi connectivity index (χ0) is 12.2. The van der Waals surface area contributed by atoms with E-state index in [-0.39, 0.29) is 0 Å². The van der Waals surface area contributed by atoms with Crippen LogP contribution in [0.4, 0.5) is 0 Å². The summed E-state index contributed by atoms with van der Waals surface area (Å²) in [6.45, 7) is 8.72. The van der Waals surface area contributed by atoms with Gasteiger partial charge in [0, 0.05) is 19.0 Å². The van der Waals surface area contributed by atoms with Gasteiger partial charge in [-0.3, -0.25) is 14.9 Å². The highest BCUT2D eigenvalue weighted by Crippen LogP contribution is 2.43. The van der Waals surface area contributed by atoms with Crippen molar-refractivity contribution in [1.29, 1.82) is 0 Å². The number of hydrogen-bond donors (Lipinski definition) is 1. The second-order valence-corrected chi connectivity index (χ2v) is 5.47. The molecule has 2 fully saturated rings. The molecular weight excluding hydrogens is 214 g/mol. The van der Waals surface area contributed by atoms with Gasteiger partial charge in [0.1, 0.15) is 5.60 Å². The number of aryl methyl sites for hydroxylation is 3. The van der Waals surface area contributed by atoms with E-state index in [2.05, 4.69) is 14.9 Å². The van der Waals surface area contributed by atoms with Crippen molar-refractivity contribution in [2.24, 2.45) is 5.92 Å². The highest BCUT2D eigenvalue weighted by Gasteiger charge is 2.51. The Kier molecular flexibility index (Phi) is 2.28. The fourth-order valence-electron chi connectivity index (χ4n) is 3.23. The van der Waals surface area contributed by atoms with E-state index in [9.17, 15) is 5.11 Å². The molecule has 1 aromatic rings. The van der Waals surface area contributed by atoms with Crippen LogP contribution in [0.15, 0.2) is 0 Å². The monoisotopic (exact) mass is 233 g/mol. The van der Waals surface area contributed by atoms with Gasteiger partial charge in [-0.25, -0.2) is 0 Å². The first kappa shape index (κ1) is 11.1. The van der Waals surface area contributed by atoms with Crippen LogP contribution in [0, 0.1) is 26.7 Å². The minimum absolute atomic E-state index is 0.331. The minimum Gasteiger partial charge on any atom is -0.382 e. The first-order valence-corrected chi connectivity index (χ1v) is 6.28. The lowest BCUT2D eigenvalue weighted by molar-refractivity contribution is -0.0149. The maximum Gasteiger partial charge on any atom is 0.125 e. The van der Waals surface area contributed by atoms with Crippen molar-refractivity contribution < 1.29 is 5.11 Å². The van der Waals surface area contributed by atoms with Crippen molar-refractivity contribution in [3.63, 3.8) is 0 Å². The number of aliphatic hydroxyl groups is 1. The summed E-state index contributed by atoms with van der Waals surface area (Å²) in [6.07, 6.45) is 1.07. The Morgan fingerprint density at radius 1 is 1.18 bits per heavy atom. The predicted octanol–water partition coefficient (Wildman–Crippen LogP) is 0.925. The van der Waals surface area contributed by atoms with Crippen LogP contribution < -0.4 is 0 Å². The van der Waals surface area contributed by atoms with Gasteiger partial charge in [-0.1, -0.05) is 0 Å². The summed E-state index contributed by atoms with van der Waals surface area (Å²) >= 11 is 0. The quantitative estimate of drug-likeness (QED) is 0.784. The van der Waals surface area contributed by atoms with E-state index >= 15 is 0 Å². The van der Waals surface area contributed by atoms with Crippen LogP contribution in [0.5, 0.6) is 0 Å². The normalized spacial score (nSPS) is 35.5. The zero-order valence-corrected chi connectivity index (χ0v) is 10.7. The van der Waals surface area contributed by atoms with Gasteiger partial charge in [-0.15, -0.1) is 0 Å². The summed E-state index contributed by atoms with van der Waals surface area (Å²) in [4.78, 5) is 11.4. The smallest absolute Gasteiger partial charge is 0.125 e. The molecule has 1 N–H and O–H groups in total. The summed E-state index contributed by atoms with van der Waals surface area (Å²) in [5.74, 6) is 0.331. The van der Waals surface area contributed by atoms with Gasteiger partial charge in [0.15, 0.2) is 0 Å². The molecule has 2 bridgehead atoms. The number of aromatic nitrogens is 2. The van der Waals surface area contributed by atoms with Crippen LogP contribution in [0.3, 0.4) is 0 Å². The molecule has 0 aromatic carbocycles. The van der Waals surface area contributed by atoms with E-state index in [0.29, 0.717) is 5.92 Å². The van der Waals surface area contributed by atoms with Crippen molar-refractivity contribution >= 4 is 0 Å². The molecule has 4 heteroatoms. The van der Waals surface area contributed by atoms with Gasteiger partial charge in [0.05, 0.1) is 22.8 Å². The molecule has 3 unspecified atom stereocenters. The molecule has 0 saturated carbocycles. The van der Waals surface area contributed by atoms with Crippen molar-refractivity contribution in [3.05, 3.63) is 22.8 Å². The Morgan fingerprint density at radius 2 is 1.88 bits per heavy atom. The van der Waals surface area contributed by atoms with Gasteiger partial charge in [0.25, 0.3) is 0 Å². The Labute approximate surface area is 102 Å². The van der Waals surface area contributed by atoms with E-state index in [4.69, 9.17) is 0 Å². The minimum atomic E-state index is -0.770. The van der Waals surface area contributed by atoms with Crippen LogP contribution in [-0.4, -0.2) is 39.6 Å². The average Bonchev–Trinajstić information content (AvgIpc) is 2.83. The van der Waals surface area contributed by atoms with Gasteiger partial charge in [-0.2, -0.15) is 0 Å². The number of nitrogens with zero attached hydrogens (tertiary/aromatic N) is 3. The lowest BCUT2D eigenvalue weighted by Gasteiger charge is -2.32. The van der Waals surface area contributed by atoms with E-state index in [1.807, 2.05) is 20.8 Å². The molecule has 3 rings (SSSR count). The second kappa shape index (κ2) is 3.50. The van der Waals surface area contributed by atoms with E-state index < -0.39 is 5.60 Å². The van der Waals surface area contributed by atoms with Gasteiger partial charge in [0.2, 0.25) is 0 Å². The Balaban J connectivity index is 2.07. The van der Waals surface area contributed by atoms with Crippen molar-refractivity contribution in [2.75, 3.05) is 19.6 Å². The molecule has 0 radical (unpaired) electrons. The first-order chi connectivity index (χ1) is 8.00. The number of rotatable bonds is 1. The third kappa shape index (κ3) is 1.51. The van der Waals surface area contributed by atoms with E-state index in [1.54, 1.807) is 0 Å². The number of hydrogen-bond acceptors (Lipinski definition) is 4. The van der Waals surface area contributed by atoms with Gasteiger partial charge < -0.3 is 5.11 Å². The standard InChI is InChI=1S/C13H19N3O/c1-8-9(2)15-12(10(3)14-8)13(17)7-16-5-4-11(13)6-16/h11,17H,4-7H2,1-3H3. The van der Waals surface area contributed by atoms with Crippen molar-refractivity contribution in [1.82, 2.24) is 14.9 Å². The molecule has 3 heterocycles. The topological polar surface area (TPSA) is 49.3 Å². The average molecular weight is 233 g/mol. The molecule has 4 nitrogen and oxygen atoms in total. The molecule has 2 saturated heterocycles. The summed E-state index contributed by atoms with van der Waals surface area (Å²) in [6, 6.07) is 0. The number of piperidine rings is 1. The Bertz CT molecular complexity index is 474. The molecular formula is C13H19N3O. The summed E-state index contributed by atoms with van der Waals surface area (Å²) in [5, 5.41) is 10.9. The largest absolute Gasteiger partial charge is 0.382 e. The molecule has 0 spiro atoms. The Morgan fingerprint density at radius 3 is 2.47 bits per heavy atom. The fraction of sp³-hybridized carbons (Fsp3) is 0.692. The SMILES string of the molecule is Cc1nc(C)c(C2(O)CN3CCC2C3)nc1C. The first-order valence-electron chi connectivity index (χ1n) is 6.28.